The first-order valence-electron chi connectivity index (χ1n) is 7.80. The Balaban J connectivity index is 2.02. The van der Waals surface area contributed by atoms with Crippen LogP contribution in [0.1, 0.15) is 23.7 Å². The van der Waals surface area contributed by atoms with Gasteiger partial charge in [0.1, 0.15) is 6.07 Å². The minimum absolute atomic E-state index is 0.523. The third-order valence-corrected chi connectivity index (χ3v) is 4.04. The highest BCUT2D eigenvalue weighted by atomic mass is 16.5. The highest BCUT2D eigenvalue weighted by Gasteiger charge is 2.16. The normalized spacial score (nSPS) is 10.6. The fourth-order valence-corrected chi connectivity index (χ4v) is 2.92. The number of ether oxygens (including phenoxy) is 1. The molecule has 0 fully saturated rings. The molecule has 2 aromatic heterocycles. The monoisotopic (exact) mass is 321 g/mol. The Morgan fingerprint density at radius 3 is 2.83 bits per heavy atom. The van der Waals surface area contributed by atoms with E-state index in [1.165, 1.54) is 0 Å². The molecule has 0 spiro atoms. The Kier molecular flexibility index (Phi) is 4.34. The summed E-state index contributed by atoms with van der Waals surface area (Å²) in [5.74, 6) is 0.733. The molecule has 0 bridgehead atoms. The molecule has 0 saturated heterocycles. The lowest BCUT2D eigenvalue weighted by Gasteiger charge is -2.12. The third-order valence-electron chi connectivity index (χ3n) is 4.04. The first-order valence-corrected chi connectivity index (χ1v) is 7.80. The van der Waals surface area contributed by atoms with E-state index in [0.717, 1.165) is 40.1 Å². The molecule has 0 radical (unpaired) electrons. The largest absolute Gasteiger partial charge is 0.481 e. The van der Waals surface area contributed by atoms with Crippen molar-refractivity contribution in [3.63, 3.8) is 0 Å². The number of nitrogens with one attached hydrogen (secondary N) is 1. The molecule has 0 aliphatic heterocycles. The van der Waals surface area contributed by atoms with E-state index in [-0.39, 0.29) is 0 Å². The van der Waals surface area contributed by atoms with Gasteiger partial charge in [0.25, 0.3) is 0 Å². The summed E-state index contributed by atoms with van der Waals surface area (Å²) in [5, 5.41) is 18.2. The van der Waals surface area contributed by atoms with Crippen molar-refractivity contribution in [2.45, 2.75) is 19.9 Å². The van der Waals surface area contributed by atoms with E-state index in [0.29, 0.717) is 12.1 Å². The number of hydrogen-bond donors (Lipinski definition) is 1. The maximum absolute atomic E-state index is 9.41. The predicted molar refractivity (Wildman–Crippen MR) is 92.9 cm³/mol. The zero-order chi connectivity index (χ0) is 17.1. The molecule has 0 saturated carbocycles. The molecular formula is C18H19N5O. The summed E-state index contributed by atoms with van der Waals surface area (Å²) >= 11 is 0. The molecule has 0 atom stereocenters. The van der Waals surface area contributed by atoms with E-state index in [2.05, 4.69) is 28.4 Å². The average Bonchev–Trinajstić information content (AvgIpc) is 2.94. The fraction of sp³-hybridized carbons (Fsp3) is 0.278. The summed E-state index contributed by atoms with van der Waals surface area (Å²) in [4.78, 5) is 4.34. The lowest BCUT2D eigenvalue weighted by Crippen LogP contribution is -2.06. The van der Waals surface area contributed by atoms with Gasteiger partial charge in [-0.2, -0.15) is 10.4 Å². The van der Waals surface area contributed by atoms with Crippen molar-refractivity contribution in [2.24, 2.45) is 7.05 Å². The van der Waals surface area contributed by atoms with Crippen LogP contribution in [-0.4, -0.2) is 21.9 Å². The topological polar surface area (TPSA) is 75.8 Å². The van der Waals surface area contributed by atoms with Crippen molar-refractivity contribution in [1.82, 2.24) is 14.8 Å². The third kappa shape index (κ3) is 2.65. The van der Waals surface area contributed by atoms with Gasteiger partial charge in [-0.1, -0.05) is 25.1 Å². The summed E-state index contributed by atoms with van der Waals surface area (Å²) in [6, 6.07) is 9.99. The lowest BCUT2D eigenvalue weighted by atomic mass is 10.1. The number of pyridine rings is 1. The van der Waals surface area contributed by atoms with Crippen molar-refractivity contribution in [3.8, 4) is 11.9 Å². The van der Waals surface area contributed by atoms with E-state index in [1.807, 2.05) is 31.3 Å². The lowest BCUT2D eigenvalue weighted by molar-refractivity contribution is 0.370. The van der Waals surface area contributed by atoms with Gasteiger partial charge in [0.15, 0.2) is 0 Å². The van der Waals surface area contributed by atoms with Gasteiger partial charge in [-0.3, -0.25) is 4.98 Å². The second-order valence-electron chi connectivity index (χ2n) is 5.44. The molecule has 1 aromatic carbocycles. The molecule has 0 aliphatic rings. The van der Waals surface area contributed by atoms with Crippen LogP contribution in [0, 0.1) is 11.3 Å². The van der Waals surface area contributed by atoms with Crippen LogP contribution < -0.4 is 10.1 Å². The highest BCUT2D eigenvalue weighted by molar-refractivity contribution is 5.93. The van der Waals surface area contributed by atoms with Crippen LogP contribution in [0.2, 0.25) is 0 Å². The van der Waals surface area contributed by atoms with Gasteiger partial charge >= 0.3 is 0 Å². The van der Waals surface area contributed by atoms with E-state index in [4.69, 9.17) is 4.74 Å². The van der Waals surface area contributed by atoms with Crippen LogP contribution in [0.25, 0.3) is 10.9 Å². The van der Waals surface area contributed by atoms with Crippen LogP contribution in [0.3, 0.4) is 0 Å². The highest BCUT2D eigenvalue weighted by Crippen LogP contribution is 2.28. The summed E-state index contributed by atoms with van der Waals surface area (Å²) in [7, 11) is 3.51. The average molecular weight is 321 g/mol. The number of hydrogen-bond acceptors (Lipinski definition) is 5. The van der Waals surface area contributed by atoms with Crippen molar-refractivity contribution in [3.05, 3.63) is 47.3 Å². The van der Waals surface area contributed by atoms with Crippen LogP contribution in [0.4, 0.5) is 5.69 Å². The molecule has 0 aliphatic carbocycles. The standard InChI is InChI=1S/C18H19N5O/c1-4-15-14(18(24-3)23(2)22-15)11-21-17-12(9-19)10-20-16-8-6-5-7-13(16)17/h5-8,10H,4,11H2,1-3H3,(H,20,21). The molecular weight excluding hydrogens is 302 g/mol. The van der Waals surface area contributed by atoms with Crippen LogP contribution in [-0.2, 0) is 20.0 Å². The first kappa shape index (κ1) is 15.8. The van der Waals surface area contributed by atoms with Gasteiger partial charge in [0.05, 0.1) is 35.1 Å². The van der Waals surface area contributed by atoms with E-state index in [1.54, 1.807) is 18.0 Å². The summed E-state index contributed by atoms with van der Waals surface area (Å²) in [6.45, 7) is 2.59. The predicted octanol–water partition coefficient (Wildman–Crippen LogP) is 3.02. The number of fused-ring (bicyclic) bond motifs is 1. The minimum atomic E-state index is 0.523. The zero-order valence-corrected chi connectivity index (χ0v) is 14.0. The summed E-state index contributed by atoms with van der Waals surface area (Å²) in [5.41, 5.74) is 4.16. The Labute approximate surface area is 140 Å². The van der Waals surface area contributed by atoms with Gasteiger partial charge in [-0.15, -0.1) is 0 Å². The van der Waals surface area contributed by atoms with E-state index >= 15 is 0 Å². The Morgan fingerprint density at radius 2 is 2.12 bits per heavy atom. The maximum Gasteiger partial charge on any atom is 0.216 e. The number of nitriles is 1. The van der Waals surface area contributed by atoms with E-state index < -0.39 is 0 Å². The van der Waals surface area contributed by atoms with Crippen LogP contribution in [0.5, 0.6) is 5.88 Å². The van der Waals surface area contributed by atoms with Crippen molar-refractivity contribution >= 4 is 16.6 Å². The second kappa shape index (κ2) is 6.59. The molecule has 0 amide bonds. The van der Waals surface area contributed by atoms with Gasteiger partial charge in [0, 0.05) is 25.2 Å². The van der Waals surface area contributed by atoms with Crippen molar-refractivity contribution in [1.29, 1.82) is 5.26 Å². The number of nitrogens with zero attached hydrogens (tertiary/aromatic N) is 4. The number of aromatic nitrogens is 3. The number of anilines is 1. The number of rotatable bonds is 5. The second-order valence-corrected chi connectivity index (χ2v) is 5.44. The van der Waals surface area contributed by atoms with Gasteiger partial charge < -0.3 is 10.1 Å². The maximum atomic E-state index is 9.41. The van der Waals surface area contributed by atoms with Crippen LogP contribution in [0.15, 0.2) is 30.5 Å². The molecule has 3 rings (SSSR count). The molecule has 3 aromatic rings. The Bertz CT molecular complexity index is 923. The number of aryl methyl sites for hydroxylation is 2. The number of methoxy groups -OCH3 is 1. The van der Waals surface area contributed by atoms with Crippen molar-refractivity contribution in [2.75, 3.05) is 12.4 Å². The summed E-state index contributed by atoms with van der Waals surface area (Å²) in [6.07, 6.45) is 2.42. The molecule has 6 heteroatoms. The van der Waals surface area contributed by atoms with Gasteiger partial charge in [0.2, 0.25) is 5.88 Å². The molecule has 2 heterocycles. The van der Waals surface area contributed by atoms with Crippen molar-refractivity contribution < 1.29 is 4.74 Å². The Hall–Kier alpha value is -3.07. The first-order chi connectivity index (χ1) is 11.7. The zero-order valence-electron chi connectivity index (χ0n) is 14.0. The van der Waals surface area contributed by atoms with Gasteiger partial charge in [-0.05, 0) is 12.5 Å². The molecule has 0 unspecified atom stereocenters. The molecule has 122 valence electrons. The summed E-state index contributed by atoms with van der Waals surface area (Å²) < 4.78 is 7.22. The number of para-hydroxylation sites is 1. The smallest absolute Gasteiger partial charge is 0.216 e. The Morgan fingerprint density at radius 1 is 1.33 bits per heavy atom. The SMILES string of the molecule is CCc1nn(C)c(OC)c1CNc1c(C#N)cnc2ccccc12. The fourth-order valence-electron chi connectivity index (χ4n) is 2.92. The molecule has 24 heavy (non-hydrogen) atoms. The van der Waals surface area contributed by atoms with Crippen LogP contribution >= 0.6 is 0 Å². The molecule has 6 nitrogen and oxygen atoms in total. The van der Waals surface area contributed by atoms with Gasteiger partial charge in [-0.25, -0.2) is 4.68 Å². The van der Waals surface area contributed by atoms with E-state index in [9.17, 15) is 5.26 Å². The number of benzene rings is 1. The molecule has 1 N–H and O–H groups in total. The minimum Gasteiger partial charge on any atom is -0.481 e. The quantitative estimate of drug-likeness (QED) is 0.782.